The van der Waals surface area contributed by atoms with Crippen molar-refractivity contribution in [2.75, 3.05) is 12.4 Å². The summed E-state index contributed by atoms with van der Waals surface area (Å²) in [6, 6.07) is 62.9. The van der Waals surface area contributed by atoms with Gasteiger partial charge in [-0.05, 0) is 79.9 Å². The number of aromatic nitrogens is 2. The molecule has 0 saturated heterocycles. The lowest BCUT2D eigenvalue weighted by atomic mass is 9.80. The molecular formula is C50H39N3. The molecule has 0 aliphatic heterocycles. The van der Waals surface area contributed by atoms with Crippen molar-refractivity contribution >= 4 is 5.69 Å². The predicted octanol–water partition coefficient (Wildman–Crippen LogP) is 12.8. The molecule has 53 heavy (non-hydrogen) atoms. The molecule has 0 bridgehead atoms. The van der Waals surface area contributed by atoms with Crippen LogP contribution in [0.15, 0.2) is 176 Å². The molecule has 0 atom stereocenters. The van der Waals surface area contributed by atoms with E-state index < -0.39 is 0 Å². The predicted molar refractivity (Wildman–Crippen MR) is 222 cm³/mol. The first kappa shape index (κ1) is 32.3. The van der Waals surface area contributed by atoms with Crippen LogP contribution in [-0.2, 0) is 5.41 Å². The van der Waals surface area contributed by atoms with Crippen LogP contribution in [0.3, 0.4) is 0 Å². The van der Waals surface area contributed by atoms with Crippen molar-refractivity contribution in [2.45, 2.75) is 19.3 Å². The van der Waals surface area contributed by atoms with Gasteiger partial charge in [0.15, 0.2) is 5.82 Å². The molecule has 7 aromatic carbocycles. The average Bonchev–Trinajstić information content (AvgIpc) is 3.47. The van der Waals surface area contributed by atoms with Gasteiger partial charge in [-0.3, -0.25) is 0 Å². The Morgan fingerprint density at radius 2 is 0.962 bits per heavy atom. The van der Waals surface area contributed by atoms with Crippen LogP contribution in [0.5, 0.6) is 0 Å². The Hall–Kier alpha value is -6.58. The van der Waals surface area contributed by atoms with Crippen LogP contribution in [0.25, 0.3) is 78.4 Å². The van der Waals surface area contributed by atoms with Crippen LogP contribution >= 0.6 is 0 Å². The zero-order chi connectivity index (χ0) is 35.9. The van der Waals surface area contributed by atoms with Crippen molar-refractivity contribution in [2.24, 2.45) is 0 Å². The monoisotopic (exact) mass is 681 g/mol. The number of hydrogen-bond acceptors (Lipinski definition) is 3. The average molecular weight is 682 g/mol. The fourth-order valence-electron chi connectivity index (χ4n) is 7.91. The van der Waals surface area contributed by atoms with Crippen LogP contribution < -0.4 is 5.32 Å². The van der Waals surface area contributed by atoms with Crippen LogP contribution in [0.1, 0.15) is 25.0 Å². The molecular weight excluding hydrogens is 643 g/mol. The van der Waals surface area contributed by atoms with Gasteiger partial charge in [0.1, 0.15) is 0 Å². The molecule has 1 aliphatic carbocycles. The fraction of sp³-hybridized carbons (Fsp3) is 0.0800. The highest BCUT2D eigenvalue weighted by atomic mass is 14.9. The Morgan fingerprint density at radius 3 is 1.66 bits per heavy atom. The number of nitrogens with zero attached hydrogens (tertiary/aromatic N) is 2. The van der Waals surface area contributed by atoms with Gasteiger partial charge in [-0.15, -0.1) is 0 Å². The van der Waals surface area contributed by atoms with Crippen molar-refractivity contribution in [3.8, 4) is 78.4 Å². The minimum Gasteiger partial charge on any atom is -0.388 e. The Labute approximate surface area is 311 Å². The maximum Gasteiger partial charge on any atom is 0.160 e. The smallest absolute Gasteiger partial charge is 0.160 e. The highest BCUT2D eigenvalue weighted by Gasteiger charge is 2.37. The first-order valence-electron chi connectivity index (χ1n) is 18.2. The van der Waals surface area contributed by atoms with Crippen molar-refractivity contribution < 1.29 is 0 Å². The van der Waals surface area contributed by atoms with E-state index in [1.165, 1.54) is 50.1 Å². The van der Waals surface area contributed by atoms with E-state index in [0.717, 1.165) is 39.3 Å². The third-order valence-electron chi connectivity index (χ3n) is 10.7. The number of anilines is 1. The van der Waals surface area contributed by atoms with Crippen LogP contribution in [0.2, 0.25) is 0 Å². The molecule has 1 heterocycles. The summed E-state index contributed by atoms with van der Waals surface area (Å²) < 4.78 is 0. The highest BCUT2D eigenvalue weighted by molar-refractivity contribution is 6.00. The molecule has 1 N–H and O–H groups in total. The summed E-state index contributed by atoms with van der Waals surface area (Å²) in [7, 11) is 1.95. The van der Waals surface area contributed by atoms with Gasteiger partial charge < -0.3 is 5.32 Å². The quantitative estimate of drug-likeness (QED) is 0.182. The van der Waals surface area contributed by atoms with Crippen LogP contribution in [0, 0.1) is 0 Å². The van der Waals surface area contributed by atoms with Crippen molar-refractivity contribution in [1.82, 2.24) is 9.97 Å². The van der Waals surface area contributed by atoms with Gasteiger partial charge in [0.2, 0.25) is 0 Å². The second-order valence-electron chi connectivity index (χ2n) is 14.3. The van der Waals surface area contributed by atoms with Gasteiger partial charge >= 0.3 is 0 Å². The summed E-state index contributed by atoms with van der Waals surface area (Å²) in [4.78, 5) is 10.1. The van der Waals surface area contributed by atoms with E-state index in [1.54, 1.807) is 0 Å². The topological polar surface area (TPSA) is 37.8 Å². The molecule has 3 heteroatoms. The van der Waals surface area contributed by atoms with Gasteiger partial charge in [0.05, 0.1) is 11.4 Å². The van der Waals surface area contributed by atoms with E-state index in [2.05, 4.69) is 171 Å². The van der Waals surface area contributed by atoms with Crippen LogP contribution in [0.4, 0.5) is 5.69 Å². The summed E-state index contributed by atoms with van der Waals surface area (Å²) >= 11 is 0. The highest BCUT2D eigenvalue weighted by Crippen LogP contribution is 2.54. The Balaban J connectivity index is 1.20. The molecule has 0 unspecified atom stereocenters. The molecule has 0 fully saturated rings. The van der Waals surface area contributed by atoms with E-state index in [-0.39, 0.29) is 5.41 Å². The maximum absolute atomic E-state index is 5.09. The zero-order valence-corrected chi connectivity index (χ0v) is 30.1. The Bertz CT molecular complexity index is 2530. The number of fused-ring (bicyclic) bond motifs is 3. The third kappa shape index (κ3) is 5.81. The van der Waals surface area contributed by atoms with Crippen molar-refractivity contribution in [3.63, 3.8) is 0 Å². The first-order chi connectivity index (χ1) is 26.0. The molecule has 3 nitrogen and oxygen atoms in total. The summed E-state index contributed by atoms with van der Waals surface area (Å²) in [5, 5.41) is 3.24. The summed E-state index contributed by atoms with van der Waals surface area (Å²) in [6.45, 7) is 4.70. The second-order valence-corrected chi connectivity index (χ2v) is 14.3. The van der Waals surface area contributed by atoms with Crippen LogP contribution in [-0.4, -0.2) is 17.0 Å². The minimum absolute atomic E-state index is 0.108. The van der Waals surface area contributed by atoms with Crippen molar-refractivity contribution in [1.29, 1.82) is 0 Å². The molecule has 1 aliphatic rings. The van der Waals surface area contributed by atoms with Gasteiger partial charge in [-0.1, -0.05) is 166 Å². The summed E-state index contributed by atoms with van der Waals surface area (Å²) in [6.07, 6.45) is 0. The van der Waals surface area contributed by atoms with E-state index in [9.17, 15) is 0 Å². The van der Waals surface area contributed by atoms with E-state index >= 15 is 0 Å². The van der Waals surface area contributed by atoms with E-state index in [0.29, 0.717) is 5.82 Å². The standard InChI is InChI=1S/C50H39N3/c1-50(2)43-20-11-10-19-42(43)48-44(50)30-29-41(47(48)39-18-12-17-38(31-39)33-25-27-40(51-3)28-26-33)34-21-23-36(24-22-34)46-32-45(35-13-6-4-7-14-35)52-49(53-46)37-15-8-5-9-16-37/h4-32,51H,1-3H3. The summed E-state index contributed by atoms with van der Waals surface area (Å²) in [5.41, 5.74) is 18.5. The molecule has 254 valence electrons. The normalized spacial score (nSPS) is 12.6. The number of nitrogens with one attached hydrogen (secondary N) is 1. The number of benzene rings is 7. The summed E-state index contributed by atoms with van der Waals surface area (Å²) in [5.74, 6) is 0.716. The molecule has 9 rings (SSSR count). The third-order valence-corrected chi connectivity index (χ3v) is 10.7. The minimum atomic E-state index is -0.108. The van der Waals surface area contributed by atoms with Gasteiger partial charge in [-0.2, -0.15) is 0 Å². The number of hydrogen-bond donors (Lipinski definition) is 1. The fourth-order valence-corrected chi connectivity index (χ4v) is 7.91. The van der Waals surface area contributed by atoms with Crippen molar-refractivity contribution in [3.05, 3.63) is 187 Å². The number of rotatable bonds is 7. The van der Waals surface area contributed by atoms with Gasteiger partial charge in [0.25, 0.3) is 0 Å². The van der Waals surface area contributed by atoms with E-state index in [4.69, 9.17) is 9.97 Å². The Kier molecular flexibility index (Phi) is 8.05. The lowest BCUT2D eigenvalue weighted by molar-refractivity contribution is 0.660. The molecule has 1 aromatic heterocycles. The second kappa shape index (κ2) is 13.2. The van der Waals surface area contributed by atoms with Gasteiger partial charge in [-0.25, -0.2) is 9.97 Å². The van der Waals surface area contributed by atoms with E-state index in [1.807, 2.05) is 31.3 Å². The molecule has 8 aromatic rings. The largest absolute Gasteiger partial charge is 0.388 e. The molecule has 0 saturated carbocycles. The Morgan fingerprint density at radius 1 is 0.396 bits per heavy atom. The van der Waals surface area contributed by atoms with Gasteiger partial charge in [0, 0.05) is 34.8 Å². The maximum atomic E-state index is 5.09. The lowest BCUT2D eigenvalue weighted by Gasteiger charge is -2.23. The zero-order valence-electron chi connectivity index (χ0n) is 30.1. The SMILES string of the molecule is CNc1ccc(-c2cccc(-c3c(-c4ccc(-c5cc(-c6ccccc6)nc(-c6ccccc6)n5)cc4)ccc4c3-c3ccccc3C4(C)C)c2)cc1. The molecule has 0 radical (unpaired) electrons. The first-order valence-corrected chi connectivity index (χ1v) is 18.2. The molecule has 0 spiro atoms. The lowest BCUT2D eigenvalue weighted by Crippen LogP contribution is -2.14. The molecule has 0 amide bonds.